The van der Waals surface area contributed by atoms with Crippen molar-refractivity contribution in [3.05, 3.63) is 24.0 Å². The van der Waals surface area contributed by atoms with Crippen LogP contribution < -0.4 is 5.46 Å². The number of aryl methyl sites for hydroxylation is 1. The summed E-state index contributed by atoms with van der Waals surface area (Å²) in [5.74, 6) is 0. The van der Waals surface area contributed by atoms with Gasteiger partial charge in [-0.3, -0.25) is 0 Å². The van der Waals surface area contributed by atoms with E-state index in [0.29, 0.717) is 5.69 Å². The maximum absolute atomic E-state index is 9.19. The van der Waals surface area contributed by atoms with Gasteiger partial charge in [0, 0.05) is 18.6 Å². The number of nitriles is 1. The minimum Gasteiger partial charge on any atom is -0.399 e. The fourth-order valence-electron chi connectivity index (χ4n) is 2.48. The lowest BCUT2D eigenvalue weighted by Crippen LogP contribution is -2.41. The Morgan fingerprint density at radius 2 is 1.86 bits per heavy atom. The number of hydrogen-bond acceptors (Lipinski definition) is 4. The van der Waals surface area contributed by atoms with Gasteiger partial charge in [0.2, 0.25) is 0 Å². The van der Waals surface area contributed by atoms with Crippen LogP contribution in [0.25, 0.3) is 11.0 Å². The van der Waals surface area contributed by atoms with Gasteiger partial charge in [-0.2, -0.15) is 5.26 Å². The first-order valence-electron chi connectivity index (χ1n) is 6.97. The summed E-state index contributed by atoms with van der Waals surface area (Å²) in [5.41, 5.74) is 1.17. The summed E-state index contributed by atoms with van der Waals surface area (Å²) < 4.78 is 14.1. The molecule has 0 atom stereocenters. The first-order valence-corrected chi connectivity index (χ1v) is 6.97. The molecular formula is C15H18BN3O2. The van der Waals surface area contributed by atoms with Gasteiger partial charge >= 0.3 is 7.12 Å². The molecule has 1 fully saturated rings. The van der Waals surface area contributed by atoms with Gasteiger partial charge in [0.25, 0.3) is 0 Å². The summed E-state index contributed by atoms with van der Waals surface area (Å²) in [4.78, 5) is 4.35. The molecule has 2 aromatic heterocycles. The van der Waals surface area contributed by atoms with Gasteiger partial charge in [-0.05, 0) is 45.3 Å². The Morgan fingerprint density at radius 1 is 1.24 bits per heavy atom. The van der Waals surface area contributed by atoms with Gasteiger partial charge in [-0.15, -0.1) is 0 Å². The van der Waals surface area contributed by atoms with Crippen molar-refractivity contribution >= 4 is 23.6 Å². The van der Waals surface area contributed by atoms with E-state index in [4.69, 9.17) is 9.31 Å². The van der Waals surface area contributed by atoms with Crippen LogP contribution in [0, 0.1) is 11.3 Å². The van der Waals surface area contributed by atoms with Crippen molar-refractivity contribution in [2.75, 3.05) is 0 Å². The smallest absolute Gasteiger partial charge is 0.399 e. The molecule has 1 aliphatic heterocycles. The van der Waals surface area contributed by atoms with Crippen LogP contribution in [-0.4, -0.2) is 27.9 Å². The van der Waals surface area contributed by atoms with E-state index in [1.807, 2.05) is 51.6 Å². The van der Waals surface area contributed by atoms with Gasteiger partial charge in [0.15, 0.2) is 0 Å². The standard InChI is InChI=1S/C15H18BN3O2/c1-14(2)15(3,4)21-16(20-14)12-8-10(9-17)18-13-11(12)6-7-19(13)5/h6-8H,1-5H3. The van der Waals surface area contributed by atoms with Crippen LogP contribution in [-0.2, 0) is 16.4 Å². The van der Waals surface area contributed by atoms with Crippen molar-refractivity contribution in [3.8, 4) is 6.07 Å². The first-order chi connectivity index (χ1) is 9.75. The molecule has 0 spiro atoms. The normalized spacial score (nSPS) is 19.9. The van der Waals surface area contributed by atoms with Crippen molar-refractivity contribution < 1.29 is 9.31 Å². The maximum atomic E-state index is 9.19. The van der Waals surface area contributed by atoms with Gasteiger partial charge in [0.05, 0.1) is 11.2 Å². The number of rotatable bonds is 1. The summed E-state index contributed by atoms with van der Waals surface area (Å²) in [5, 5.41) is 10.1. The predicted octanol–water partition coefficient (Wildman–Crippen LogP) is 1.74. The Hall–Kier alpha value is -1.84. The number of fused-ring (bicyclic) bond motifs is 1. The fraction of sp³-hybridized carbons (Fsp3) is 0.467. The van der Waals surface area contributed by atoms with Crippen molar-refractivity contribution in [2.45, 2.75) is 38.9 Å². The molecule has 0 bridgehead atoms. The molecule has 21 heavy (non-hydrogen) atoms. The van der Waals surface area contributed by atoms with E-state index in [1.165, 1.54) is 0 Å². The average molecular weight is 283 g/mol. The highest BCUT2D eigenvalue weighted by Crippen LogP contribution is 2.37. The minimum atomic E-state index is -0.491. The highest BCUT2D eigenvalue weighted by atomic mass is 16.7. The second-order valence-electron chi connectivity index (χ2n) is 6.46. The molecule has 0 amide bonds. The Kier molecular flexibility index (Phi) is 2.91. The Morgan fingerprint density at radius 3 is 2.43 bits per heavy atom. The van der Waals surface area contributed by atoms with Crippen molar-refractivity contribution in [3.63, 3.8) is 0 Å². The second-order valence-corrected chi connectivity index (χ2v) is 6.46. The van der Waals surface area contributed by atoms with Gasteiger partial charge in [-0.25, -0.2) is 4.98 Å². The SMILES string of the molecule is Cn1ccc2c(B3OC(C)(C)C(C)(C)O3)cc(C#N)nc21. The third-order valence-electron chi connectivity index (χ3n) is 4.49. The zero-order chi connectivity index (χ0) is 15.4. The molecule has 0 aliphatic carbocycles. The van der Waals surface area contributed by atoms with Crippen molar-refractivity contribution in [1.82, 2.24) is 9.55 Å². The van der Waals surface area contributed by atoms with E-state index in [0.717, 1.165) is 16.5 Å². The van der Waals surface area contributed by atoms with E-state index in [1.54, 1.807) is 6.07 Å². The van der Waals surface area contributed by atoms with Crippen LogP contribution in [0.3, 0.4) is 0 Å². The Balaban J connectivity index is 2.16. The van der Waals surface area contributed by atoms with Gasteiger partial charge in [0.1, 0.15) is 17.4 Å². The number of nitrogens with zero attached hydrogens (tertiary/aromatic N) is 3. The molecule has 5 nitrogen and oxygen atoms in total. The quantitative estimate of drug-likeness (QED) is 0.748. The third kappa shape index (κ3) is 2.05. The van der Waals surface area contributed by atoms with E-state index in [2.05, 4.69) is 11.1 Å². The van der Waals surface area contributed by atoms with Crippen LogP contribution in [0.1, 0.15) is 33.4 Å². The van der Waals surface area contributed by atoms with E-state index < -0.39 is 18.3 Å². The van der Waals surface area contributed by atoms with E-state index in [9.17, 15) is 5.26 Å². The van der Waals surface area contributed by atoms with Crippen molar-refractivity contribution in [2.24, 2.45) is 7.05 Å². The molecule has 0 unspecified atom stereocenters. The van der Waals surface area contributed by atoms with Gasteiger partial charge < -0.3 is 13.9 Å². The lowest BCUT2D eigenvalue weighted by atomic mass is 9.77. The number of hydrogen-bond donors (Lipinski definition) is 0. The van der Waals surface area contributed by atoms with Crippen LogP contribution in [0.2, 0.25) is 0 Å². The maximum Gasteiger partial charge on any atom is 0.495 e. The third-order valence-corrected chi connectivity index (χ3v) is 4.49. The highest BCUT2D eigenvalue weighted by molar-refractivity contribution is 6.65. The Labute approximate surface area is 124 Å². The molecule has 1 saturated heterocycles. The molecule has 0 N–H and O–H groups in total. The average Bonchev–Trinajstić information content (AvgIpc) is 2.87. The summed E-state index contributed by atoms with van der Waals surface area (Å²) in [7, 11) is 1.42. The number of pyridine rings is 1. The summed E-state index contributed by atoms with van der Waals surface area (Å²) in [6.07, 6.45) is 1.92. The zero-order valence-electron chi connectivity index (χ0n) is 13.0. The molecule has 2 aromatic rings. The Bertz CT molecular complexity index is 742. The lowest BCUT2D eigenvalue weighted by Gasteiger charge is -2.32. The molecule has 0 saturated carbocycles. The number of aromatic nitrogens is 2. The summed E-state index contributed by atoms with van der Waals surface area (Å²) in [6, 6.07) is 5.84. The summed E-state index contributed by atoms with van der Waals surface area (Å²) in [6.45, 7) is 8.06. The van der Waals surface area contributed by atoms with E-state index >= 15 is 0 Å². The molecule has 0 aromatic carbocycles. The van der Waals surface area contributed by atoms with Crippen LogP contribution in [0.4, 0.5) is 0 Å². The van der Waals surface area contributed by atoms with Crippen LogP contribution >= 0.6 is 0 Å². The van der Waals surface area contributed by atoms with Crippen LogP contribution in [0.15, 0.2) is 18.3 Å². The largest absolute Gasteiger partial charge is 0.495 e. The minimum absolute atomic E-state index is 0.369. The topological polar surface area (TPSA) is 60.1 Å². The summed E-state index contributed by atoms with van der Waals surface area (Å²) >= 11 is 0. The molecule has 1 aliphatic rings. The molecule has 0 radical (unpaired) electrons. The van der Waals surface area contributed by atoms with Crippen LogP contribution in [0.5, 0.6) is 0 Å². The molecule has 6 heteroatoms. The predicted molar refractivity (Wildman–Crippen MR) is 81.1 cm³/mol. The fourth-order valence-corrected chi connectivity index (χ4v) is 2.48. The lowest BCUT2D eigenvalue weighted by molar-refractivity contribution is 0.00578. The monoisotopic (exact) mass is 283 g/mol. The zero-order valence-corrected chi connectivity index (χ0v) is 13.0. The van der Waals surface area contributed by atoms with E-state index in [-0.39, 0.29) is 0 Å². The molecule has 3 heterocycles. The highest BCUT2D eigenvalue weighted by Gasteiger charge is 2.52. The molecular weight excluding hydrogens is 265 g/mol. The van der Waals surface area contributed by atoms with Crippen molar-refractivity contribution in [1.29, 1.82) is 5.26 Å². The second kappa shape index (κ2) is 4.33. The first kappa shape index (κ1) is 14.1. The molecule has 3 rings (SSSR count). The molecule has 108 valence electrons. The van der Waals surface area contributed by atoms with Gasteiger partial charge in [-0.1, -0.05) is 0 Å².